The van der Waals surface area contributed by atoms with Gasteiger partial charge in [-0.3, -0.25) is 19.0 Å². The lowest BCUT2D eigenvalue weighted by atomic mass is 9.92. The molecular formula is C65H80Cl2N13P. The Morgan fingerprint density at radius 2 is 1.22 bits per heavy atom. The predicted molar refractivity (Wildman–Crippen MR) is 339 cm³/mol. The fraction of sp³-hybridized carbons (Fsp3) is 0.338. The Labute approximate surface area is 493 Å². The summed E-state index contributed by atoms with van der Waals surface area (Å²) in [5, 5.41) is 17.6. The number of hydrogen-bond acceptors (Lipinski definition) is 9. The van der Waals surface area contributed by atoms with Gasteiger partial charge in [-0.2, -0.15) is 15.3 Å². The Bertz CT molecular complexity index is 3590. The molecular weight excluding hydrogens is 1060 g/mol. The highest BCUT2D eigenvalue weighted by atomic mass is 35.5. The van der Waals surface area contributed by atoms with Crippen molar-refractivity contribution < 1.29 is 17.0 Å². The molecule has 0 saturated carbocycles. The van der Waals surface area contributed by atoms with Gasteiger partial charge >= 0.3 is 0 Å². The van der Waals surface area contributed by atoms with Crippen LogP contribution in [0.3, 0.4) is 0 Å². The Hall–Kier alpha value is -7.02. The van der Waals surface area contributed by atoms with Gasteiger partial charge in [0.05, 0.1) is 36.5 Å². The zero-order valence-corrected chi connectivity index (χ0v) is 52.3. The molecule has 0 spiro atoms. The third kappa shape index (κ3) is 14.2. The van der Waals surface area contributed by atoms with Gasteiger partial charge in [0.15, 0.2) is 0 Å². The van der Waals surface area contributed by atoms with Crippen LogP contribution in [-0.4, -0.2) is 97.2 Å². The van der Waals surface area contributed by atoms with Gasteiger partial charge in [-0.1, -0.05) is 122 Å². The fourth-order valence-electron chi connectivity index (χ4n) is 10.3. The predicted octanol–water partition coefficient (Wildman–Crippen LogP) is 11.1. The van der Waals surface area contributed by atoms with Crippen molar-refractivity contribution in [2.24, 2.45) is 19.1 Å². The second-order valence-electron chi connectivity index (χ2n) is 22.0. The Kier molecular flexibility index (Phi) is 21.0. The summed E-state index contributed by atoms with van der Waals surface area (Å²) in [6.07, 6.45) is 14.4. The normalized spacial score (nSPS) is 12.6. The Morgan fingerprint density at radius 1 is 0.667 bits per heavy atom. The molecule has 11 rings (SSSR count). The minimum atomic E-state index is 0. The SMILES string of the molecule is CC(C)c1cccc(C(C)C)c1N1C=[N+](c2c(C(C)C)cccc2C(C)C)CC1.CN(C)c1cc(C2=NCc3ccc(-c4cnn(C)c4)cc32)ccn1.CNC.Cn1cc(-c2ccc3c(c2)c(-c2ccnc(Cl)c2)nn3CP)cn1.[Cl-]. The van der Waals surface area contributed by atoms with E-state index >= 15 is 0 Å². The lowest BCUT2D eigenvalue weighted by Crippen LogP contribution is -3.00. The van der Waals surface area contributed by atoms with E-state index in [2.05, 4.69) is 185 Å². The summed E-state index contributed by atoms with van der Waals surface area (Å²) in [4.78, 5) is 17.7. The number of benzene rings is 4. The second kappa shape index (κ2) is 27.6. The molecule has 1 atom stereocenters. The number of pyridine rings is 2. The van der Waals surface area contributed by atoms with E-state index in [-0.39, 0.29) is 12.4 Å². The molecule has 2 aliphatic rings. The van der Waals surface area contributed by atoms with Gasteiger partial charge in [0, 0.05) is 108 Å². The highest BCUT2D eigenvalue weighted by molar-refractivity contribution is 7.15. The van der Waals surface area contributed by atoms with Gasteiger partial charge in [-0.25, -0.2) is 19.4 Å². The van der Waals surface area contributed by atoms with Crippen LogP contribution < -0.4 is 27.5 Å². The Balaban J connectivity index is 0.000000171. The zero-order chi connectivity index (χ0) is 57.4. The number of fused-ring (bicyclic) bond motifs is 2. The van der Waals surface area contributed by atoms with Gasteiger partial charge in [0.2, 0.25) is 6.34 Å². The largest absolute Gasteiger partial charge is 1.00 e. The van der Waals surface area contributed by atoms with E-state index in [0.717, 1.165) is 81.9 Å². The summed E-state index contributed by atoms with van der Waals surface area (Å²) in [6, 6.07) is 34.5. The molecule has 0 radical (unpaired) electrons. The van der Waals surface area contributed by atoms with Crippen molar-refractivity contribution in [1.29, 1.82) is 0 Å². The van der Waals surface area contributed by atoms with E-state index in [0.29, 0.717) is 28.8 Å². The third-order valence-corrected chi connectivity index (χ3v) is 14.9. The molecule has 424 valence electrons. The first-order valence-electron chi connectivity index (χ1n) is 27.8. The molecule has 0 saturated heterocycles. The van der Waals surface area contributed by atoms with E-state index in [1.807, 2.05) is 106 Å². The topological polar surface area (TPSA) is 113 Å². The van der Waals surface area contributed by atoms with Gasteiger partial charge in [-0.15, -0.1) is 9.24 Å². The summed E-state index contributed by atoms with van der Waals surface area (Å²) in [5.74, 6) is 2.99. The van der Waals surface area contributed by atoms with Crippen molar-refractivity contribution in [2.75, 3.05) is 51.1 Å². The van der Waals surface area contributed by atoms with Crippen LogP contribution in [0.2, 0.25) is 5.15 Å². The number of nitrogens with zero attached hydrogens (tertiary/aromatic N) is 12. The van der Waals surface area contributed by atoms with Gasteiger partial charge in [0.25, 0.3) is 0 Å². The minimum Gasteiger partial charge on any atom is -1.00 e. The summed E-state index contributed by atoms with van der Waals surface area (Å²) in [5.41, 5.74) is 20.7. The quantitative estimate of drug-likeness (QED) is 0.0731. The molecule has 1 N–H and O–H groups in total. The summed E-state index contributed by atoms with van der Waals surface area (Å²) < 4.78 is 8.10. The zero-order valence-electron chi connectivity index (χ0n) is 49.6. The van der Waals surface area contributed by atoms with Crippen LogP contribution >= 0.6 is 20.8 Å². The average molecular weight is 1150 g/mol. The van der Waals surface area contributed by atoms with Gasteiger partial charge in [0.1, 0.15) is 41.1 Å². The summed E-state index contributed by atoms with van der Waals surface area (Å²) >= 11 is 6.06. The molecule has 7 heterocycles. The maximum absolute atomic E-state index is 6.06. The van der Waals surface area contributed by atoms with Crippen LogP contribution in [0.5, 0.6) is 0 Å². The molecule has 1 unspecified atom stereocenters. The lowest BCUT2D eigenvalue weighted by Gasteiger charge is -2.20. The minimum absolute atomic E-state index is 0. The molecule has 4 aromatic carbocycles. The van der Waals surface area contributed by atoms with E-state index in [1.165, 1.54) is 50.3 Å². The maximum Gasteiger partial charge on any atom is 0.244 e. The van der Waals surface area contributed by atoms with Crippen molar-refractivity contribution >= 4 is 61.0 Å². The second-order valence-corrected chi connectivity index (χ2v) is 22.7. The highest BCUT2D eigenvalue weighted by Crippen LogP contribution is 2.39. The molecule has 0 aliphatic carbocycles. The number of aryl methyl sites for hydroxylation is 2. The van der Waals surface area contributed by atoms with Crippen molar-refractivity contribution in [1.82, 2.24) is 44.6 Å². The number of aliphatic imine (C=N–C) groups is 1. The van der Waals surface area contributed by atoms with Crippen LogP contribution in [0.1, 0.15) is 118 Å². The molecule has 81 heavy (non-hydrogen) atoms. The first-order valence-corrected chi connectivity index (χ1v) is 28.9. The average Bonchev–Trinajstić information content (AvgIpc) is 4.35. The maximum atomic E-state index is 6.06. The van der Waals surface area contributed by atoms with Crippen molar-refractivity contribution in [3.05, 3.63) is 178 Å². The van der Waals surface area contributed by atoms with Crippen LogP contribution in [0, 0.1) is 0 Å². The highest BCUT2D eigenvalue weighted by Gasteiger charge is 2.31. The van der Waals surface area contributed by atoms with E-state index < -0.39 is 0 Å². The molecule has 9 aromatic rings. The van der Waals surface area contributed by atoms with Gasteiger partial charge < -0.3 is 22.6 Å². The monoisotopic (exact) mass is 1140 g/mol. The van der Waals surface area contributed by atoms with Crippen LogP contribution in [0.25, 0.3) is 44.4 Å². The lowest BCUT2D eigenvalue weighted by molar-refractivity contribution is -0.425. The van der Waals surface area contributed by atoms with E-state index in [9.17, 15) is 0 Å². The third-order valence-electron chi connectivity index (χ3n) is 14.4. The number of anilines is 2. The number of para-hydroxylation sites is 2. The first kappa shape index (κ1) is 61.6. The smallest absolute Gasteiger partial charge is 0.244 e. The number of aromatic nitrogens is 8. The summed E-state index contributed by atoms with van der Waals surface area (Å²) in [7, 11) is 14.3. The van der Waals surface area contributed by atoms with Crippen LogP contribution in [-0.2, 0) is 26.9 Å². The number of hydrogen-bond donors (Lipinski definition) is 1. The van der Waals surface area contributed by atoms with Crippen LogP contribution in [0.4, 0.5) is 17.2 Å². The number of rotatable bonds is 12. The van der Waals surface area contributed by atoms with E-state index in [4.69, 9.17) is 21.7 Å². The fourth-order valence-corrected chi connectivity index (χ4v) is 10.8. The van der Waals surface area contributed by atoms with Crippen molar-refractivity contribution in [3.8, 4) is 33.5 Å². The standard InChI is InChI=1S/C27H39N2.C19H19N5.C17H15ClN5P.C2H7N.ClH/c1-18(2)22-11-9-12-23(19(3)4)26(22)28-15-16-29(17-28)27-24(20(5)6)13-10-14-25(27)21(7)8;1-23(2)18-9-14(6-7-20-18)19-17-8-13(4-5-15(17)10-21-19)16-11-22-24(3)12-16;1-22-9-13(8-20-22)11-2-3-15-14(6-11)17(21-23(15)10-24)12-4-5-19-16(18)7-12;1-3-2;/h9-14,17-21H,15-16H2,1-8H3;4-9,11-12H,10H2,1-3H3;2-9H,10,24H2,1H3;3H,1-2H3;1H/q+1;;;;/p-1. The molecule has 0 fully saturated rings. The molecule has 0 bridgehead atoms. The van der Waals surface area contributed by atoms with Crippen LogP contribution in [0.15, 0.2) is 139 Å². The van der Waals surface area contributed by atoms with Gasteiger partial charge in [-0.05, 0) is 96.9 Å². The molecule has 5 aromatic heterocycles. The molecule has 2 aliphatic heterocycles. The number of halogens is 2. The first-order chi connectivity index (χ1) is 38.4. The Morgan fingerprint density at radius 3 is 1.77 bits per heavy atom. The van der Waals surface area contributed by atoms with Crippen molar-refractivity contribution in [2.45, 2.75) is 91.9 Å². The molecule has 16 heteroatoms. The molecule has 0 amide bonds. The molecule has 13 nitrogen and oxygen atoms in total. The number of nitrogens with one attached hydrogen (secondary N) is 1. The van der Waals surface area contributed by atoms with Crippen molar-refractivity contribution in [3.63, 3.8) is 0 Å². The van der Waals surface area contributed by atoms with E-state index in [1.54, 1.807) is 10.9 Å². The summed E-state index contributed by atoms with van der Waals surface area (Å²) in [6.45, 7) is 21.3.